The van der Waals surface area contributed by atoms with Crippen molar-refractivity contribution >= 4 is 68.1 Å². The third-order valence-electron chi connectivity index (χ3n) is 5.35. The van der Waals surface area contributed by atoms with Gasteiger partial charge in [-0.25, -0.2) is 14.1 Å². The molecule has 0 aliphatic carbocycles. The lowest BCUT2D eigenvalue weighted by Gasteiger charge is -2.15. The van der Waals surface area contributed by atoms with Crippen molar-refractivity contribution in [3.63, 3.8) is 0 Å². The number of hydrogen-bond acceptors (Lipinski definition) is 5. The van der Waals surface area contributed by atoms with E-state index in [0.717, 1.165) is 14.0 Å². The van der Waals surface area contributed by atoms with E-state index in [1.165, 1.54) is 24.3 Å². The first-order valence-corrected chi connectivity index (χ1v) is 13.3. The van der Waals surface area contributed by atoms with Gasteiger partial charge in [0.15, 0.2) is 11.5 Å². The van der Waals surface area contributed by atoms with Gasteiger partial charge in [-0.05, 0) is 99.0 Å². The van der Waals surface area contributed by atoms with E-state index in [4.69, 9.17) is 9.47 Å². The van der Waals surface area contributed by atoms with Gasteiger partial charge < -0.3 is 20.1 Å². The fourth-order valence-electron chi connectivity index (χ4n) is 3.59. The van der Waals surface area contributed by atoms with Crippen molar-refractivity contribution in [2.75, 3.05) is 18.5 Å². The van der Waals surface area contributed by atoms with Crippen LogP contribution in [-0.4, -0.2) is 35.9 Å². The molecule has 8 nitrogen and oxygen atoms in total. The second-order valence-electron chi connectivity index (χ2n) is 8.09. The minimum absolute atomic E-state index is 0.0180. The first-order valence-electron chi connectivity index (χ1n) is 11.5. The number of nitrogens with zero attached hydrogens (tertiary/aromatic N) is 1. The van der Waals surface area contributed by atoms with Crippen LogP contribution in [0.15, 0.2) is 70.8 Å². The molecule has 3 aromatic carbocycles. The molecule has 2 N–H and O–H groups in total. The summed E-state index contributed by atoms with van der Waals surface area (Å²) in [6, 6.07) is 16.2. The number of nitrogens with one attached hydrogen (secondary N) is 2. The van der Waals surface area contributed by atoms with E-state index in [1.807, 2.05) is 31.2 Å². The average molecular weight is 694 g/mol. The minimum atomic E-state index is -0.758. The van der Waals surface area contributed by atoms with Crippen molar-refractivity contribution in [2.24, 2.45) is 0 Å². The summed E-state index contributed by atoms with van der Waals surface area (Å²) in [5.74, 6) is -1.07. The van der Waals surface area contributed by atoms with Crippen LogP contribution >= 0.6 is 38.5 Å². The van der Waals surface area contributed by atoms with Gasteiger partial charge in [-0.3, -0.25) is 9.59 Å². The third-order valence-corrected chi connectivity index (χ3v) is 6.66. The van der Waals surface area contributed by atoms with Crippen LogP contribution in [0.25, 0.3) is 6.08 Å². The molecule has 4 amide bonds. The van der Waals surface area contributed by atoms with E-state index < -0.39 is 30.2 Å². The molecule has 0 radical (unpaired) electrons. The molecule has 0 atom stereocenters. The van der Waals surface area contributed by atoms with Gasteiger partial charge in [-0.15, -0.1) is 0 Å². The first kappa shape index (κ1) is 27.6. The number of carbonyl (C=O) groups is 3. The molecule has 38 heavy (non-hydrogen) atoms. The highest BCUT2D eigenvalue weighted by Crippen LogP contribution is 2.38. The molecular weight excluding hydrogens is 672 g/mol. The summed E-state index contributed by atoms with van der Waals surface area (Å²) in [7, 11) is 0. The average Bonchev–Trinajstić information content (AvgIpc) is 3.13. The van der Waals surface area contributed by atoms with E-state index in [0.29, 0.717) is 34.7 Å². The van der Waals surface area contributed by atoms with E-state index in [2.05, 4.69) is 49.2 Å². The molecule has 1 saturated heterocycles. The number of halogens is 3. The van der Waals surface area contributed by atoms with Crippen LogP contribution in [0.3, 0.4) is 0 Å². The first-order chi connectivity index (χ1) is 18.2. The van der Waals surface area contributed by atoms with Gasteiger partial charge >= 0.3 is 6.03 Å². The number of rotatable bonds is 9. The van der Waals surface area contributed by atoms with Gasteiger partial charge in [-0.2, -0.15) is 0 Å². The van der Waals surface area contributed by atoms with Crippen molar-refractivity contribution in [3.05, 3.63) is 91.3 Å². The van der Waals surface area contributed by atoms with Gasteiger partial charge in [-0.1, -0.05) is 24.3 Å². The largest absolute Gasteiger partial charge is 0.490 e. The van der Waals surface area contributed by atoms with Crippen molar-refractivity contribution < 1.29 is 28.2 Å². The van der Waals surface area contributed by atoms with Crippen molar-refractivity contribution in [1.29, 1.82) is 0 Å². The number of hydrogen-bond donors (Lipinski definition) is 2. The SMILES string of the molecule is CCOc1cc(/C=C2/NC(=O)N(CC(=O)Nc3ccccc3F)C2=O)cc(Br)c1OCc1ccc(I)cc1. The molecule has 1 fully saturated rings. The Morgan fingerprint density at radius 3 is 2.58 bits per heavy atom. The lowest BCUT2D eigenvalue weighted by Crippen LogP contribution is -2.38. The number of benzene rings is 3. The van der Waals surface area contributed by atoms with Gasteiger partial charge in [0.1, 0.15) is 24.7 Å². The molecule has 0 bridgehead atoms. The van der Waals surface area contributed by atoms with Crippen LogP contribution in [0.5, 0.6) is 11.5 Å². The highest BCUT2D eigenvalue weighted by molar-refractivity contribution is 14.1. The van der Waals surface area contributed by atoms with Crippen LogP contribution < -0.4 is 20.1 Å². The monoisotopic (exact) mass is 693 g/mol. The Bertz CT molecular complexity index is 1410. The second kappa shape index (κ2) is 12.4. The fraction of sp³-hybridized carbons (Fsp3) is 0.148. The van der Waals surface area contributed by atoms with E-state index >= 15 is 0 Å². The number of urea groups is 1. The molecule has 1 aliphatic rings. The number of anilines is 1. The maximum Gasteiger partial charge on any atom is 0.329 e. The van der Waals surface area contributed by atoms with Crippen LogP contribution in [0.1, 0.15) is 18.1 Å². The number of carbonyl (C=O) groups excluding carboxylic acids is 3. The summed E-state index contributed by atoms with van der Waals surface area (Å²) in [6.45, 7) is 1.98. The molecule has 1 aliphatic heterocycles. The maximum absolute atomic E-state index is 13.8. The molecule has 1 heterocycles. The molecule has 4 rings (SSSR count). The number of ether oxygens (including phenoxy) is 2. The molecule has 0 spiro atoms. The number of para-hydroxylation sites is 1. The highest BCUT2D eigenvalue weighted by Gasteiger charge is 2.35. The van der Waals surface area contributed by atoms with Crippen LogP contribution in [0.4, 0.5) is 14.9 Å². The number of imide groups is 1. The summed E-state index contributed by atoms with van der Waals surface area (Å²) in [5.41, 5.74) is 1.49. The normalized spacial score (nSPS) is 14.0. The smallest absolute Gasteiger partial charge is 0.329 e. The summed E-state index contributed by atoms with van der Waals surface area (Å²) in [5, 5.41) is 4.84. The third kappa shape index (κ3) is 6.70. The summed E-state index contributed by atoms with van der Waals surface area (Å²) in [4.78, 5) is 38.4. The zero-order valence-electron chi connectivity index (χ0n) is 20.1. The lowest BCUT2D eigenvalue weighted by atomic mass is 10.1. The summed E-state index contributed by atoms with van der Waals surface area (Å²) >= 11 is 5.75. The van der Waals surface area contributed by atoms with Crippen LogP contribution in [0.2, 0.25) is 0 Å². The molecule has 0 saturated carbocycles. The van der Waals surface area contributed by atoms with Gasteiger partial charge in [0.05, 0.1) is 16.8 Å². The number of amides is 4. The van der Waals surface area contributed by atoms with E-state index in [-0.39, 0.29) is 11.4 Å². The molecule has 0 aromatic heterocycles. The second-order valence-corrected chi connectivity index (χ2v) is 10.2. The summed E-state index contributed by atoms with van der Waals surface area (Å²) < 4.78 is 27.3. The Hall–Kier alpha value is -3.45. The topological polar surface area (TPSA) is 97.0 Å². The van der Waals surface area contributed by atoms with Crippen LogP contribution in [0, 0.1) is 9.39 Å². The zero-order valence-corrected chi connectivity index (χ0v) is 23.8. The van der Waals surface area contributed by atoms with Crippen molar-refractivity contribution in [3.8, 4) is 11.5 Å². The standard InChI is InChI=1S/C27H22BrFIN3O5/c1-2-37-23-13-17(11-19(28)25(23)38-15-16-7-9-18(30)10-8-16)12-22-26(35)33(27(36)32-22)14-24(34)31-21-6-4-3-5-20(21)29/h3-13H,2,14-15H2,1H3,(H,31,34)(H,32,36)/b22-12+. The molecule has 11 heteroatoms. The van der Waals surface area contributed by atoms with E-state index in [9.17, 15) is 18.8 Å². The fourth-order valence-corrected chi connectivity index (χ4v) is 4.52. The Labute approximate surface area is 240 Å². The maximum atomic E-state index is 13.8. The van der Waals surface area contributed by atoms with Crippen molar-refractivity contribution in [2.45, 2.75) is 13.5 Å². The predicted molar refractivity (Wildman–Crippen MR) is 152 cm³/mol. The van der Waals surface area contributed by atoms with Crippen molar-refractivity contribution in [1.82, 2.24) is 10.2 Å². The highest BCUT2D eigenvalue weighted by atomic mass is 127. The van der Waals surface area contributed by atoms with Crippen LogP contribution in [-0.2, 0) is 16.2 Å². The minimum Gasteiger partial charge on any atom is -0.490 e. The molecular formula is C27H22BrFIN3O5. The Kier molecular flexibility index (Phi) is 9.00. The van der Waals surface area contributed by atoms with Gasteiger partial charge in [0.25, 0.3) is 5.91 Å². The molecule has 196 valence electrons. The Balaban J connectivity index is 1.49. The Morgan fingerprint density at radius 2 is 1.87 bits per heavy atom. The molecule has 0 unspecified atom stereocenters. The lowest BCUT2D eigenvalue weighted by molar-refractivity contribution is -0.127. The van der Waals surface area contributed by atoms with Gasteiger partial charge in [0, 0.05) is 3.57 Å². The summed E-state index contributed by atoms with van der Waals surface area (Å²) in [6.07, 6.45) is 1.48. The van der Waals surface area contributed by atoms with E-state index in [1.54, 1.807) is 18.2 Å². The Morgan fingerprint density at radius 1 is 1.13 bits per heavy atom. The predicted octanol–water partition coefficient (Wildman–Crippen LogP) is 5.70. The van der Waals surface area contributed by atoms with Gasteiger partial charge in [0.2, 0.25) is 5.91 Å². The zero-order chi connectivity index (χ0) is 27.2. The quantitative estimate of drug-likeness (QED) is 0.170. The molecule has 3 aromatic rings.